The molecule has 1 saturated carbocycles. The molecule has 32 heavy (non-hydrogen) atoms. The number of ether oxygens (including phenoxy) is 2. The first-order valence-electron chi connectivity index (χ1n) is 11.4. The average molecular weight is 439 g/mol. The molecule has 0 saturated heterocycles. The number of aryl methyl sites for hydroxylation is 1. The van der Waals surface area contributed by atoms with Crippen LogP contribution in [0.1, 0.15) is 50.2 Å². The molecule has 1 N–H and O–H groups in total. The van der Waals surface area contributed by atoms with Crippen molar-refractivity contribution in [3.63, 3.8) is 0 Å². The molecule has 2 aromatic carbocycles. The number of nitrogens with zero attached hydrogens (tertiary/aromatic N) is 1. The molecular weight excluding hydrogens is 404 g/mol. The van der Waals surface area contributed by atoms with Gasteiger partial charge in [-0.3, -0.25) is 9.59 Å². The molecule has 0 bridgehead atoms. The van der Waals surface area contributed by atoms with Gasteiger partial charge in [0, 0.05) is 12.6 Å². The van der Waals surface area contributed by atoms with Gasteiger partial charge in [0.15, 0.2) is 6.61 Å². The van der Waals surface area contributed by atoms with Gasteiger partial charge in [-0.2, -0.15) is 0 Å². The largest absolute Gasteiger partial charge is 0.497 e. The zero-order valence-corrected chi connectivity index (χ0v) is 19.3. The third-order valence-corrected chi connectivity index (χ3v) is 6.04. The van der Waals surface area contributed by atoms with E-state index >= 15 is 0 Å². The van der Waals surface area contributed by atoms with Gasteiger partial charge in [0.05, 0.1) is 7.11 Å². The maximum absolute atomic E-state index is 13.3. The second kappa shape index (κ2) is 11.6. The molecule has 3 rings (SSSR count). The van der Waals surface area contributed by atoms with Crippen molar-refractivity contribution in [2.75, 3.05) is 13.7 Å². The van der Waals surface area contributed by atoms with E-state index in [4.69, 9.17) is 9.47 Å². The van der Waals surface area contributed by atoms with E-state index < -0.39 is 6.04 Å². The maximum atomic E-state index is 13.3. The van der Waals surface area contributed by atoms with Crippen molar-refractivity contribution < 1.29 is 19.1 Å². The molecule has 172 valence electrons. The number of benzene rings is 2. The minimum Gasteiger partial charge on any atom is -0.497 e. The average Bonchev–Trinajstić information content (AvgIpc) is 3.31. The van der Waals surface area contributed by atoms with E-state index in [1.165, 1.54) is 0 Å². The van der Waals surface area contributed by atoms with E-state index in [2.05, 4.69) is 5.32 Å². The van der Waals surface area contributed by atoms with Gasteiger partial charge in [-0.05, 0) is 55.5 Å². The minimum atomic E-state index is -0.550. The van der Waals surface area contributed by atoms with Gasteiger partial charge in [0.25, 0.3) is 5.91 Å². The Kier molecular flexibility index (Phi) is 8.54. The van der Waals surface area contributed by atoms with Gasteiger partial charge in [-0.15, -0.1) is 0 Å². The minimum absolute atomic E-state index is 0.0860. The zero-order chi connectivity index (χ0) is 22.9. The standard InChI is InChI=1S/C26H34N2O4/c1-4-23(26(30)27-21-10-6-7-11-21)28(17-20-13-15-22(31-3)16-14-20)25(29)18-32-24-12-8-5-9-19(24)2/h5,8-9,12-16,21,23H,4,6-7,10-11,17-18H2,1-3H3,(H,27,30). The Hall–Kier alpha value is -3.02. The molecule has 0 radical (unpaired) electrons. The van der Waals surface area contributed by atoms with Crippen LogP contribution >= 0.6 is 0 Å². The van der Waals surface area contributed by atoms with Gasteiger partial charge < -0.3 is 19.7 Å². The molecule has 1 aliphatic rings. The molecule has 1 unspecified atom stereocenters. The summed E-state index contributed by atoms with van der Waals surface area (Å²) >= 11 is 0. The summed E-state index contributed by atoms with van der Waals surface area (Å²) in [6, 6.07) is 14.8. The highest BCUT2D eigenvalue weighted by atomic mass is 16.5. The van der Waals surface area contributed by atoms with Gasteiger partial charge in [-0.1, -0.05) is 50.1 Å². The van der Waals surface area contributed by atoms with Crippen LogP contribution in [0.3, 0.4) is 0 Å². The summed E-state index contributed by atoms with van der Waals surface area (Å²) in [7, 11) is 1.62. The van der Waals surface area contributed by atoms with E-state index in [0.717, 1.165) is 42.6 Å². The summed E-state index contributed by atoms with van der Waals surface area (Å²) in [4.78, 5) is 28.1. The number of carbonyl (C=O) groups excluding carboxylic acids is 2. The second-order valence-electron chi connectivity index (χ2n) is 8.34. The number of rotatable bonds is 10. The molecule has 6 nitrogen and oxygen atoms in total. The fraction of sp³-hybridized carbons (Fsp3) is 0.462. The molecule has 2 amide bonds. The maximum Gasteiger partial charge on any atom is 0.261 e. The van der Waals surface area contributed by atoms with Crippen LogP contribution in [0.4, 0.5) is 0 Å². The fourth-order valence-electron chi connectivity index (χ4n) is 4.16. The Labute approximate surface area is 190 Å². The van der Waals surface area contributed by atoms with Gasteiger partial charge in [0.2, 0.25) is 5.91 Å². The predicted molar refractivity (Wildman–Crippen MR) is 125 cm³/mol. The van der Waals surface area contributed by atoms with E-state index in [-0.39, 0.29) is 24.5 Å². The lowest BCUT2D eigenvalue weighted by atomic mass is 10.1. The molecule has 2 aromatic rings. The van der Waals surface area contributed by atoms with Crippen molar-refractivity contribution in [2.45, 2.75) is 64.6 Å². The number of nitrogens with one attached hydrogen (secondary N) is 1. The van der Waals surface area contributed by atoms with Crippen LogP contribution < -0.4 is 14.8 Å². The van der Waals surface area contributed by atoms with Crippen molar-refractivity contribution in [3.05, 3.63) is 59.7 Å². The lowest BCUT2D eigenvalue weighted by Crippen LogP contribution is -2.52. The van der Waals surface area contributed by atoms with Crippen molar-refractivity contribution >= 4 is 11.8 Å². The first-order chi connectivity index (χ1) is 15.5. The number of methoxy groups -OCH3 is 1. The SMILES string of the molecule is CCC(C(=O)NC1CCCC1)N(Cc1ccc(OC)cc1)C(=O)COc1ccccc1C. The highest BCUT2D eigenvalue weighted by Gasteiger charge is 2.30. The van der Waals surface area contributed by atoms with E-state index in [1.54, 1.807) is 12.0 Å². The van der Waals surface area contributed by atoms with E-state index in [0.29, 0.717) is 18.7 Å². The Balaban J connectivity index is 1.76. The molecule has 0 spiro atoms. The summed E-state index contributed by atoms with van der Waals surface area (Å²) in [6.45, 7) is 4.10. The topological polar surface area (TPSA) is 67.9 Å². The van der Waals surface area contributed by atoms with Crippen LogP contribution in [0, 0.1) is 6.92 Å². The first kappa shape index (κ1) is 23.6. The Bertz CT molecular complexity index is 891. The Morgan fingerprint density at radius 1 is 1.09 bits per heavy atom. The Morgan fingerprint density at radius 2 is 1.78 bits per heavy atom. The molecular formula is C26H34N2O4. The lowest BCUT2D eigenvalue weighted by molar-refractivity contribution is -0.143. The molecule has 0 aliphatic heterocycles. The quantitative estimate of drug-likeness (QED) is 0.602. The predicted octanol–water partition coefficient (Wildman–Crippen LogP) is 4.25. The highest BCUT2D eigenvalue weighted by molar-refractivity contribution is 5.88. The van der Waals surface area contributed by atoms with Crippen LogP contribution in [-0.2, 0) is 16.1 Å². The van der Waals surface area contributed by atoms with Gasteiger partial charge >= 0.3 is 0 Å². The van der Waals surface area contributed by atoms with Crippen molar-refractivity contribution in [2.24, 2.45) is 0 Å². The van der Waals surface area contributed by atoms with Crippen molar-refractivity contribution in [1.29, 1.82) is 0 Å². The number of para-hydroxylation sites is 1. The summed E-state index contributed by atoms with van der Waals surface area (Å²) in [5.74, 6) is 1.13. The number of amides is 2. The second-order valence-corrected chi connectivity index (χ2v) is 8.34. The molecule has 1 aliphatic carbocycles. The Morgan fingerprint density at radius 3 is 2.41 bits per heavy atom. The highest BCUT2D eigenvalue weighted by Crippen LogP contribution is 2.21. The summed E-state index contributed by atoms with van der Waals surface area (Å²) in [6.07, 6.45) is 4.82. The van der Waals surface area contributed by atoms with Gasteiger partial charge in [0.1, 0.15) is 17.5 Å². The summed E-state index contributed by atoms with van der Waals surface area (Å²) in [5.41, 5.74) is 1.90. The monoisotopic (exact) mass is 438 g/mol. The zero-order valence-electron chi connectivity index (χ0n) is 19.3. The fourth-order valence-corrected chi connectivity index (χ4v) is 4.16. The molecule has 1 atom stereocenters. The molecule has 0 heterocycles. The van der Waals surface area contributed by atoms with Gasteiger partial charge in [-0.25, -0.2) is 0 Å². The molecule has 1 fully saturated rings. The number of carbonyl (C=O) groups is 2. The normalized spacial score (nSPS) is 14.6. The smallest absolute Gasteiger partial charge is 0.261 e. The number of hydrogen-bond donors (Lipinski definition) is 1. The lowest BCUT2D eigenvalue weighted by Gasteiger charge is -2.31. The van der Waals surface area contributed by atoms with Crippen LogP contribution in [0.15, 0.2) is 48.5 Å². The van der Waals surface area contributed by atoms with Crippen molar-refractivity contribution in [3.8, 4) is 11.5 Å². The third kappa shape index (κ3) is 6.25. The van der Waals surface area contributed by atoms with Crippen LogP contribution in [0.5, 0.6) is 11.5 Å². The van der Waals surface area contributed by atoms with Crippen LogP contribution in [-0.4, -0.2) is 42.5 Å². The summed E-state index contributed by atoms with van der Waals surface area (Å²) in [5, 5.41) is 3.16. The molecule has 0 aromatic heterocycles. The molecule has 6 heteroatoms. The van der Waals surface area contributed by atoms with Crippen LogP contribution in [0.2, 0.25) is 0 Å². The van der Waals surface area contributed by atoms with Crippen molar-refractivity contribution in [1.82, 2.24) is 10.2 Å². The first-order valence-corrected chi connectivity index (χ1v) is 11.4. The van der Waals surface area contributed by atoms with E-state index in [9.17, 15) is 9.59 Å². The van der Waals surface area contributed by atoms with E-state index in [1.807, 2.05) is 62.4 Å². The van der Waals surface area contributed by atoms with Crippen LogP contribution in [0.25, 0.3) is 0 Å². The third-order valence-electron chi connectivity index (χ3n) is 6.04. The number of hydrogen-bond acceptors (Lipinski definition) is 4. The summed E-state index contributed by atoms with van der Waals surface area (Å²) < 4.78 is 11.1.